The van der Waals surface area contributed by atoms with Crippen LogP contribution in [0.4, 0.5) is 13.2 Å². The standard InChI is InChI=1S/C22H15F3N2O2/c1-12-6-7-19(28)15(8-12)20(29)11-18-21(22(23,24)25)27-17-10-14-5-3-2-4-13(14)9-16(17)26-18/h2-11,28-29H,1H3/b20-11-. The molecule has 146 valence electrons. The van der Waals surface area contributed by atoms with Gasteiger partial charge in [0, 0.05) is 6.08 Å². The molecule has 2 N–H and O–H groups in total. The van der Waals surface area contributed by atoms with Crippen molar-refractivity contribution in [3.05, 3.63) is 77.1 Å². The maximum absolute atomic E-state index is 13.6. The lowest BCUT2D eigenvalue weighted by Crippen LogP contribution is -2.12. The van der Waals surface area contributed by atoms with E-state index in [1.165, 1.54) is 12.1 Å². The molecule has 0 aliphatic rings. The van der Waals surface area contributed by atoms with Crippen LogP contribution in [0.3, 0.4) is 0 Å². The molecule has 1 aromatic heterocycles. The van der Waals surface area contributed by atoms with Crippen LogP contribution in [0, 0.1) is 6.92 Å². The fourth-order valence-electron chi connectivity index (χ4n) is 3.13. The summed E-state index contributed by atoms with van der Waals surface area (Å²) in [6, 6.07) is 14.9. The molecule has 0 atom stereocenters. The van der Waals surface area contributed by atoms with E-state index in [-0.39, 0.29) is 22.3 Å². The molecule has 0 spiro atoms. The number of alkyl halides is 3. The minimum absolute atomic E-state index is 0.0125. The SMILES string of the molecule is Cc1ccc(O)c(/C(O)=C/c2nc3cc4ccccc4cc3nc2C(F)(F)F)c1. The molecule has 0 bridgehead atoms. The lowest BCUT2D eigenvalue weighted by molar-refractivity contribution is -0.141. The third-order valence-electron chi connectivity index (χ3n) is 4.53. The first kappa shape index (κ1) is 18.7. The Morgan fingerprint density at radius 1 is 0.931 bits per heavy atom. The number of phenolic OH excluding ortho intramolecular Hbond substituents is 1. The van der Waals surface area contributed by atoms with Gasteiger partial charge in [0.05, 0.1) is 22.3 Å². The number of hydrogen-bond acceptors (Lipinski definition) is 4. The first-order valence-corrected chi connectivity index (χ1v) is 8.71. The van der Waals surface area contributed by atoms with Gasteiger partial charge in [0.1, 0.15) is 11.5 Å². The fourth-order valence-corrected chi connectivity index (χ4v) is 3.13. The van der Waals surface area contributed by atoms with E-state index >= 15 is 0 Å². The van der Waals surface area contributed by atoms with Gasteiger partial charge in [0.25, 0.3) is 0 Å². The molecular formula is C22H15F3N2O2. The third-order valence-corrected chi connectivity index (χ3v) is 4.53. The normalized spacial score (nSPS) is 12.6. The van der Waals surface area contributed by atoms with Gasteiger partial charge in [-0.25, -0.2) is 9.97 Å². The summed E-state index contributed by atoms with van der Waals surface area (Å²) in [5.41, 5.74) is -0.628. The first-order valence-electron chi connectivity index (χ1n) is 8.71. The molecular weight excluding hydrogens is 381 g/mol. The van der Waals surface area contributed by atoms with Crippen molar-refractivity contribution < 1.29 is 23.4 Å². The molecule has 0 saturated heterocycles. The van der Waals surface area contributed by atoms with E-state index in [4.69, 9.17) is 0 Å². The van der Waals surface area contributed by atoms with Crippen molar-refractivity contribution in [3.8, 4) is 5.75 Å². The van der Waals surface area contributed by atoms with Crippen molar-refractivity contribution in [2.24, 2.45) is 0 Å². The summed E-state index contributed by atoms with van der Waals surface area (Å²) in [6.07, 6.45) is -3.90. The number of nitrogens with zero attached hydrogens (tertiary/aromatic N) is 2. The minimum Gasteiger partial charge on any atom is -0.507 e. The van der Waals surface area contributed by atoms with Crippen molar-refractivity contribution in [3.63, 3.8) is 0 Å². The highest BCUT2D eigenvalue weighted by Gasteiger charge is 2.36. The number of aryl methyl sites for hydroxylation is 1. The molecule has 0 unspecified atom stereocenters. The average Bonchev–Trinajstić information content (AvgIpc) is 2.67. The Balaban J connectivity index is 1.96. The highest BCUT2D eigenvalue weighted by molar-refractivity contribution is 5.95. The second kappa shape index (κ2) is 6.77. The zero-order valence-electron chi connectivity index (χ0n) is 15.2. The van der Waals surface area contributed by atoms with Crippen LogP contribution >= 0.6 is 0 Å². The lowest BCUT2D eigenvalue weighted by Gasteiger charge is -2.12. The van der Waals surface area contributed by atoms with Crippen LogP contribution in [0.5, 0.6) is 5.75 Å². The smallest absolute Gasteiger partial charge is 0.435 e. The Bertz CT molecular complexity index is 1280. The van der Waals surface area contributed by atoms with Gasteiger partial charge in [-0.3, -0.25) is 0 Å². The largest absolute Gasteiger partial charge is 0.507 e. The Hall–Kier alpha value is -3.61. The summed E-state index contributed by atoms with van der Waals surface area (Å²) in [4.78, 5) is 7.89. The van der Waals surface area contributed by atoms with Crippen LogP contribution in [0.1, 0.15) is 22.5 Å². The number of fused-ring (bicyclic) bond motifs is 2. The number of rotatable bonds is 2. The fraction of sp³-hybridized carbons (Fsp3) is 0.0909. The minimum atomic E-state index is -4.77. The van der Waals surface area contributed by atoms with Crippen molar-refractivity contribution >= 4 is 33.6 Å². The zero-order valence-corrected chi connectivity index (χ0v) is 15.2. The number of aromatic hydroxyl groups is 1. The van der Waals surface area contributed by atoms with E-state index in [9.17, 15) is 23.4 Å². The molecule has 0 fully saturated rings. The van der Waals surface area contributed by atoms with Gasteiger partial charge in [-0.2, -0.15) is 13.2 Å². The number of aliphatic hydroxyl groups excluding tert-OH is 1. The van der Waals surface area contributed by atoms with E-state index in [2.05, 4.69) is 9.97 Å². The molecule has 29 heavy (non-hydrogen) atoms. The number of phenols is 1. The number of halogens is 3. The summed E-state index contributed by atoms with van der Waals surface area (Å²) in [5.74, 6) is -0.788. The maximum Gasteiger partial charge on any atom is 0.435 e. The van der Waals surface area contributed by atoms with Gasteiger partial charge in [0.15, 0.2) is 5.69 Å². The molecule has 0 aliphatic carbocycles. The zero-order chi connectivity index (χ0) is 20.8. The Morgan fingerprint density at radius 2 is 1.55 bits per heavy atom. The van der Waals surface area contributed by atoms with E-state index in [1.54, 1.807) is 37.3 Å². The number of hydrogen-bond donors (Lipinski definition) is 2. The average molecular weight is 396 g/mol. The monoisotopic (exact) mass is 396 g/mol. The van der Waals surface area contributed by atoms with Crippen molar-refractivity contribution in [1.29, 1.82) is 0 Å². The molecule has 4 aromatic rings. The van der Waals surface area contributed by atoms with E-state index in [0.717, 1.165) is 22.4 Å². The Labute approximate surface area is 163 Å². The molecule has 7 heteroatoms. The predicted octanol–water partition coefficient (Wildman–Crippen LogP) is 5.87. The molecule has 3 aromatic carbocycles. The summed E-state index contributed by atoms with van der Waals surface area (Å²) < 4.78 is 40.9. The van der Waals surface area contributed by atoms with Crippen molar-refractivity contribution in [2.75, 3.05) is 0 Å². The summed E-state index contributed by atoms with van der Waals surface area (Å²) in [7, 11) is 0. The van der Waals surface area contributed by atoms with E-state index in [0.29, 0.717) is 0 Å². The highest BCUT2D eigenvalue weighted by atomic mass is 19.4. The van der Waals surface area contributed by atoms with Crippen molar-refractivity contribution in [1.82, 2.24) is 9.97 Å². The van der Waals surface area contributed by atoms with Crippen LogP contribution in [-0.4, -0.2) is 20.2 Å². The van der Waals surface area contributed by atoms with Crippen LogP contribution in [0.15, 0.2) is 54.6 Å². The summed E-state index contributed by atoms with van der Waals surface area (Å²) >= 11 is 0. The van der Waals surface area contributed by atoms with E-state index < -0.39 is 23.3 Å². The molecule has 4 nitrogen and oxygen atoms in total. The topological polar surface area (TPSA) is 66.2 Å². The molecule has 4 rings (SSSR count). The lowest BCUT2D eigenvalue weighted by atomic mass is 10.1. The van der Waals surface area contributed by atoms with Crippen LogP contribution in [0.25, 0.3) is 33.6 Å². The van der Waals surface area contributed by atoms with Crippen LogP contribution < -0.4 is 0 Å². The van der Waals surface area contributed by atoms with Crippen molar-refractivity contribution in [2.45, 2.75) is 13.1 Å². The number of benzene rings is 3. The quantitative estimate of drug-likeness (QED) is 0.328. The van der Waals surface area contributed by atoms with Gasteiger partial charge < -0.3 is 10.2 Å². The number of aromatic nitrogens is 2. The maximum atomic E-state index is 13.6. The van der Waals surface area contributed by atoms with Gasteiger partial charge >= 0.3 is 6.18 Å². The first-order chi connectivity index (χ1) is 13.7. The Morgan fingerprint density at radius 3 is 2.17 bits per heavy atom. The number of aliphatic hydroxyl groups is 1. The molecule has 0 radical (unpaired) electrons. The van der Waals surface area contributed by atoms with Crippen LogP contribution in [0.2, 0.25) is 0 Å². The molecule has 0 amide bonds. The molecule has 0 saturated carbocycles. The highest BCUT2D eigenvalue weighted by Crippen LogP contribution is 2.34. The van der Waals surface area contributed by atoms with Gasteiger partial charge in [-0.1, -0.05) is 35.9 Å². The summed E-state index contributed by atoms with van der Waals surface area (Å²) in [6.45, 7) is 1.73. The summed E-state index contributed by atoms with van der Waals surface area (Å²) in [5, 5.41) is 21.9. The van der Waals surface area contributed by atoms with Gasteiger partial charge in [-0.15, -0.1) is 0 Å². The molecule has 1 heterocycles. The van der Waals surface area contributed by atoms with E-state index in [1.807, 2.05) is 12.1 Å². The van der Waals surface area contributed by atoms with Gasteiger partial charge in [-0.05, 0) is 42.0 Å². The van der Waals surface area contributed by atoms with Crippen LogP contribution in [-0.2, 0) is 6.18 Å². The predicted molar refractivity (Wildman–Crippen MR) is 105 cm³/mol. The second-order valence-corrected chi connectivity index (χ2v) is 6.69. The molecule has 0 aliphatic heterocycles. The van der Waals surface area contributed by atoms with Gasteiger partial charge in [0.2, 0.25) is 0 Å². The Kier molecular flexibility index (Phi) is 4.38. The third kappa shape index (κ3) is 3.59. The second-order valence-electron chi connectivity index (χ2n) is 6.69.